The van der Waals surface area contributed by atoms with Crippen LogP contribution in [0.1, 0.15) is 29.4 Å². The molecule has 8 nitrogen and oxygen atoms in total. The van der Waals surface area contributed by atoms with E-state index in [-0.39, 0.29) is 42.1 Å². The van der Waals surface area contributed by atoms with Crippen LogP contribution >= 0.6 is 0 Å². The fourth-order valence-corrected chi connectivity index (χ4v) is 3.83. The Kier molecular flexibility index (Phi) is 6.02. The second kappa shape index (κ2) is 9.05. The van der Waals surface area contributed by atoms with Crippen LogP contribution in [0.25, 0.3) is 0 Å². The van der Waals surface area contributed by atoms with Crippen LogP contribution in [0.2, 0.25) is 0 Å². The van der Waals surface area contributed by atoms with Crippen molar-refractivity contribution < 1.29 is 14.3 Å². The maximum absolute atomic E-state index is 13.2. The van der Waals surface area contributed by atoms with E-state index < -0.39 is 0 Å². The van der Waals surface area contributed by atoms with E-state index in [1.807, 2.05) is 31.2 Å². The van der Waals surface area contributed by atoms with Crippen LogP contribution in [0.4, 0.5) is 11.4 Å². The summed E-state index contributed by atoms with van der Waals surface area (Å²) in [4.78, 5) is 39.4. The number of rotatable bonds is 6. The number of nitrogens with zero attached hydrogens (tertiary/aromatic N) is 3. The van der Waals surface area contributed by atoms with E-state index in [1.54, 1.807) is 36.3 Å². The van der Waals surface area contributed by atoms with Crippen LogP contribution in [0.5, 0.6) is 5.75 Å². The Hall–Kier alpha value is -3.94. The molecule has 1 aliphatic rings. The summed E-state index contributed by atoms with van der Waals surface area (Å²) in [6.45, 7) is 2.05. The number of benzene rings is 2. The first kappa shape index (κ1) is 21.3. The fraction of sp³-hybridized carbons (Fsp3) is 0.250. The Morgan fingerprint density at radius 3 is 2.59 bits per heavy atom. The van der Waals surface area contributed by atoms with Gasteiger partial charge in [-0.25, -0.2) is 4.68 Å². The number of ether oxygens (including phenoxy) is 1. The standard InChI is InChI=1S/C24H24N4O4/c1-16-15-17-5-3-4-6-21(17)28(16)24(31)20-11-12-23(30)27(26-20)14-13-22(29)25-18-7-9-19(32-2)10-8-18/h3-12,16H,13-15H2,1-2H3,(H,25,29). The Morgan fingerprint density at radius 1 is 1.09 bits per heavy atom. The van der Waals surface area contributed by atoms with Crippen molar-refractivity contribution in [1.82, 2.24) is 9.78 Å². The molecule has 3 aromatic rings. The average Bonchev–Trinajstić information content (AvgIpc) is 3.14. The second-order valence-corrected chi connectivity index (χ2v) is 7.66. The van der Waals surface area contributed by atoms with Gasteiger partial charge in [0.1, 0.15) is 11.4 Å². The van der Waals surface area contributed by atoms with Gasteiger partial charge in [0.25, 0.3) is 11.5 Å². The van der Waals surface area contributed by atoms with Gasteiger partial charge in [-0.3, -0.25) is 14.4 Å². The lowest BCUT2D eigenvalue weighted by molar-refractivity contribution is -0.116. The number of nitrogens with one attached hydrogen (secondary N) is 1. The van der Waals surface area contributed by atoms with Gasteiger partial charge in [0.05, 0.1) is 13.7 Å². The van der Waals surface area contributed by atoms with E-state index >= 15 is 0 Å². The van der Waals surface area contributed by atoms with Crippen LogP contribution in [-0.2, 0) is 17.8 Å². The number of amides is 2. The van der Waals surface area contributed by atoms with Crippen molar-refractivity contribution in [3.05, 3.63) is 82.3 Å². The first-order valence-electron chi connectivity index (χ1n) is 10.4. The maximum Gasteiger partial charge on any atom is 0.278 e. The van der Waals surface area contributed by atoms with E-state index in [0.717, 1.165) is 22.4 Å². The number of anilines is 2. The van der Waals surface area contributed by atoms with Crippen LogP contribution in [0.3, 0.4) is 0 Å². The minimum Gasteiger partial charge on any atom is -0.497 e. The van der Waals surface area contributed by atoms with Crippen LogP contribution in [0, 0.1) is 0 Å². The number of fused-ring (bicyclic) bond motifs is 1. The zero-order valence-electron chi connectivity index (χ0n) is 17.9. The molecular formula is C24H24N4O4. The Balaban J connectivity index is 1.45. The van der Waals surface area contributed by atoms with E-state index in [4.69, 9.17) is 4.74 Å². The van der Waals surface area contributed by atoms with Gasteiger partial charge in [-0.1, -0.05) is 18.2 Å². The quantitative estimate of drug-likeness (QED) is 0.647. The third-order valence-electron chi connectivity index (χ3n) is 5.44. The van der Waals surface area contributed by atoms with Crippen molar-refractivity contribution in [2.45, 2.75) is 32.4 Å². The summed E-state index contributed by atoms with van der Waals surface area (Å²) < 4.78 is 6.26. The van der Waals surface area contributed by atoms with Gasteiger partial charge in [-0.15, -0.1) is 0 Å². The van der Waals surface area contributed by atoms with Crippen molar-refractivity contribution in [1.29, 1.82) is 0 Å². The molecule has 0 aliphatic carbocycles. The summed E-state index contributed by atoms with van der Waals surface area (Å²) in [6.07, 6.45) is 0.812. The predicted octanol–water partition coefficient (Wildman–Crippen LogP) is 2.87. The number of carbonyl (C=O) groups is 2. The molecule has 32 heavy (non-hydrogen) atoms. The maximum atomic E-state index is 13.2. The van der Waals surface area contributed by atoms with Crippen LogP contribution < -0.4 is 20.5 Å². The van der Waals surface area contributed by atoms with Gasteiger partial charge < -0.3 is 15.0 Å². The molecule has 1 N–H and O–H groups in total. The summed E-state index contributed by atoms with van der Waals surface area (Å²) in [7, 11) is 1.57. The molecule has 2 heterocycles. The average molecular weight is 432 g/mol. The van der Waals surface area contributed by atoms with Gasteiger partial charge in [-0.2, -0.15) is 5.10 Å². The van der Waals surface area contributed by atoms with E-state index in [2.05, 4.69) is 10.4 Å². The van der Waals surface area contributed by atoms with Crippen LogP contribution in [-0.4, -0.2) is 34.7 Å². The van der Waals surface area contributed by atoms with Crippen molar-refractivity contribution in [2.24, 2.45) is 0 Å². The first-order chi connectivity index (χ1) is 15.5. The molecule has 164 valence electrons. The zero-order chi connectivity index (χ0) is 22.7. The normalized spacial score (nSPS) is 14.7. The zero-order valence-corrected chi connectivity index (χ0v) is 17.9. The number of hydrogen-bond acceptors (Lipinski definition) is 5. The lowest BCUT2D eigenvalue weighted by Gasteiger charge is -2.22. The molecule has 1 aromatic heterocycles. The molecule has 0 spiro atoms. The number of methoxy groups -OCH3 is 1. The van der Waals surface area contributed by atoms with Crippen molar-refractivity contribution >= 4 is 23.2 Å². The molecule has 0 fully saturated rings. The largest absolute Gasteiger partial charge is 0.497 e. The molecule has 0 radical (unpaired) electrons. The molecule has 0 bridgehead atoms. The minimum atomic E-state index is -0.367. The molecular weight excluding hydrogens is 408 g/mol. The molecule has 2 aromatic carbocycles. The lowest BCUT2D eigenvalue weighted by Crippen LogP contribution is -2.37. The predicted molar refractivity (Wildman–Crippen MR) is 121 cm³/mol. The molecule has 0 saturated heterocycles. The van der Waals surface area contributed by atoms with Crippen molar-refractivity contribution in [3.8, 4) is 5.75 Å². The topological polar surface area (TPSA) is 93.5 Å². The summed E-state index contributed by atoms with van der Waals surface area (Å²) in [6, 6.07) is 17.5. The highest BCUT2D eigenvalue weighted by Gasteiger charge is 2.32. The number of aromatic nitrogens is 2. The molecule has 2 amide bonds. The van der Waals surface area contributed by atoms with Gasteiger partial charge >= 0.3 is 0 Å². The number of carbonyl (C=O) groups excluding carboxylic acids is 2. The fourth-order valence-electron chi connectivity index (χ4n) is 3.83. The van der Waals surface area contributed by atoms with E-state index in [0.29, 0.717) is 11.4 Å². The van der Waals surface area contributed by atoms with Gasteiger partial charge in [0, 0.05) is 29.9 Å². The highest BCUT2D eigenvalue weighted by molar-refractivity contribution is 6.06. The molecule has 4 rings (SSSR count). The Bertz CT molecular complexity index is 1200. The molecule has 1 atom stereocenters. The van der Waals surface area contributed by atoms with E-state index in [1.165, 1.54) is 12.1 Å². The van der Waals surface area contributed by atoms with Crippen molar-refractivity contribution in [3.63, 3.8) is 0 Å². The Labute approximate surface area is 185 Å². The SMILES string of the molecule is COc1ccc(NC(=O)CCn2nc(C(=O)N3c4ccccc4CC3C)ccc2=O)cc1. The van der Waals surface area contributed by atoms with Crippen molar-refractivity contribution in [2.75, 3.05) is 17.3 Å². The van der Waals surface area contributed by atoms with Gasteiger partial charge in [0.2, 0.25) is 5.91 Å². The smallest absolute Gasteiger partial charge is 0.278 e. The first-order valence-corrected chi connectivity index (χ1v) is 10.4. The lowest BCUT2D eigenvalue weighted by atomic mass is 10.1. The summed E-state index contributed by atoms with van der Waals surface area (Å²) in [5, 5.41) is 7.01. The minimum absolute atomic E-state index is 0.00245. The van der Waals surface area contributed by atoms with E-state index in [9.17, 15) is 14.4 Å². The molecule has 1 aliphatic heterocycles. The summed E-state index contributed by atoms with van der Waals surface area (Å²) >= 11 is 0. The Morgan fingerprint density at radius 2 is 1.84 bits per heavy atom. The number of para-hydroxylation sites is 1. The molecule has 8 heteroatoms. The summed E-state index contributed by atoms with van der Waals surface area (Å²) in [5.74, 6) is 0.164. The highest BCUT2D eigenvalue weighted by atomic mass is 16.5. The molecule has 1 unspecified atom stereocenters. The van der Waals surface area contributed by atoms with Gasteiger partial charge in [0.15, 0.2) is 0 Å². The van der Waals surface area contributed by atoms with Crippen LogP contribution in [0.15, 0.2) is 65.5 Å². The highest BCUT2D eigenvalue weighted by Crippen LogP contribution is 2.32. The van der Waals surface area contributed by atoms with Gasteiger partial charge in [-0.05, 0) is 55.3 Å². The number of hydrogen-bond donors (Lipinski definition) is 1. The third kappa shape index (κ3) is 4.39. The second-order valence-electron chi connectivity index (χ2n) is 7.66. The number of aryl methyl sites for hydroxylation is 1. The monoisotopic (exact) mass is 432 g/mol. The third-order valence-corrected chi connectivity index (χ3v) is 5.44. The molecule has 0 saturated carbocycles. The summed E-state index contributed by atoms with van der Waals surface area (Å²) in [5.41, 5.74) is 2.40.